The van der Waals surface area contributed by atoms with Gasteiger partial charge < -0.3 is 25.2 Å². The first kappa shape index (κ1) is 20.3. The van der Waals surface area contributed by atoms with Gasteiger partial charge in [-0.15, -0.1) is 0 Å². The molecular formula is C18H28ClN5O2. The Bertz CT molecular complexity index is 630. The Kier molecular flexibility index (Phi) is 8.00. The van der Waals surface area contributed by atoms with E-state index in [-0.39, 0.29) is 12.5 Å². The van der Waals surface area contributed by atoms with Crippen LogP contribution in [0.25, 0.3) is 0 Å². The molecule has 0 bridgehead atoms. The van der Waals surface area contributed by atoms with Gasteiger partial charge in [0, 0.05) is 57.6 Å². The van der Waals surface area contributed by atoms with Gasteiger partial charge in [-0.3, -0.25) is 9.79 Å². The second-order valence-corrected chi connectivity index (χ2v) is 6.58. The Labute approximate surface area is 160 Å². The van der Waals surface area contributed by atoms with Gasteiger partial charge in [-0.05, 0) is 24.6 Å². The maximum Gasteiger partial charge on any atom is 0.239 e. The quantitative estimate of drug-likeness (QED) is 0.439. The number of carbonyl (C=O) groups is 1. The van der Waals surface area contributed by atoms with Crippen LogP contribution in [-0.4, -0.2) is 76.8 Å². The number of hydrogen-bond acceptors (Lipinski definition) is 4. The number of benzene rings is 1. The lowest BCUT2D eigenvalue weighted by Gasteiger charge is -2.38. The highest BCUT2D eigenvalue weighted by atomic mass is 35.5. The van der Waals surface area contributed by atoms with Gasteiger partial charge in [0.1, 0.15) is 0 Å². The van der Waals surface area contributed by atoms with Crippen LogP contribution in [0.2, 0.25) is 5.02 Å². The molecule has 26 heavy (non-hydrogen) atoms. The van der Waals surface area contributed by atoms with E-state index in [1.54, 1.807) is 14.2 Å². The number of methoxy groups -OCH3 is 1. The van der Waals surface area contributed by atoms with Gasteiger partial charge in [-0.25, -0.2) is 0 Å². The lowest BCUT2D eigenvalue weighted by Crippen LogP contribution is -2.54. The first-order valence-electron chi connectivity index (χ1n) is 8.77. The van der Waals surface area contributed by atoms with Crippen molar-refractivity contribution in [3.8, 4) is 0 Å². The lowest BCUT2D eigenvalue weighted by atomic mass is 10.1. The van der Waals surface area contributed by atoms with Crippen LogP contribution in [0.5, 0.6) is 0 Å². The number of guanidine groups is 1. The molecule has 1 saturated heterocycles. The largest absolute Gasteiger partial charge is 0.383 e. The van der Waals surface area contributed by atoms with E-state index in [4.69, 9.17) is 16.3 Å². The molecule has 0 unspecified atom stereocenters. The maximum atomic E-state index is 11.8. The van der Waals surface area contributed by atoms with E-state index in [1.165, 1.54) is 11.3 Å². The highest BCUT2D eigenvalue weighted by Gasteiger charge is 2.21. The summed E-state index contributed by atoms with van der Waals surface area (Å²) in [7, 11) is 3.34. The Balaban J connectivity index is 1.83. The number of amides is 1. The first-order valence-corrected chi connectivity index (χ1v) is 9.15. The molecule has 0 aromatic heterocycles. The van der Waals surface area contributed by atoms with Gasteiger partial charge in [0.2, 0.25) is 5.91 Å². The maximum absolute atomic E-state index is 11.8. The highest BCUT2D eigenvalue weighted by molar-refractivity contribution is 6.30. The molecule has 0 radical (unpaired) electrons. The number of anilines is 1. The summed E-state index contributed by atoms with van der Waals surface area (Å²) < 4.78 is 4.92. The number of halogens is 1. The Morgan fingerprint density at radius 2 is 2.00 bits per heavy atom. The molecule has 1 aromatic carbocycles. The minimum Gasteiger partial charge on any atom is -0.383 e. The lowest BCUT2D eigenvalue weighted by molar-refractivity contribution is -0.120. The molecule has 1 fully saturated rings. The summed E-state index contributed by atoms with van der Waals surface area (Å²) >= 11 is 6.14. The summed E-state index contributed by atoms with van der Waals surface area (Å²) in [4.78, 5) is 20.6. The molecular weight excluding hydrogens is 354 g/mol. The summed E-state index contributed by atoms with van der Waals surface area (Å²) in [5.74, 6) is 0.672. The van der Waals surface area contributed by atoms with Crippen LogP contribution in [0.15, 0.2) is 23.2 Å². The van der Waals surface area contributed by atoms with Crippen molar-refractivity contribution in [2.45, 2.75) is 6.92 Å². The van der Waals surface area contributed by atoms with Gasteiger partial charge in [-0.1, -0.05) is 17.7 Å². The summed E-state index contributed by atoms with van der Waals surface area (Å²) in [6, 6.07) is 5.98. The van der Waals surface area contributed by atoms with Gasteiger partial charge in [0.05, 0.1) is 13.2 Å². The monoisotopic (exact) mass is 381 g/mol. The van der Waals surface area contributed by atoms with Crippen molar-refractivity contribution in [2.75, 3.05) is 64.9 Å². The number of carbonyl (C=O) groups excluding carboxylic acids is 1. The molecule has 2 N–H and O–H groups in total. The predicted octanol–water partition coefficient (Wildman–Crippen LogP) is 1.11. The average molecular weight is 382 g/mol. The normalized spacial score (nSPS) is 15.2. The van der Waals surface area contributed by atoms with Crippen LogP contribution in [-0.2, 0) is 9.53 Å². The van der Waals surface area contributed by atoms with E-state index in [0.717, 1.165) is 37.2 Å². The summed E-state index contributed by atoms with van der Waals surface area (Å²) in [5.41, 5.74) is 2.40. The third-order valence-corrected chi connectivity index (χ3v) is 4.57. The number of nitrogens with one attached hydrogen (secondary N) is 2. The molecule has 7 nitrogen and oxygen atoms in total. The molecule has 0 atom stereocenters. The molecule has 1 aliphatic heterocycles. The van der Waals surface area contributed by atoms with Crippen LogP contribution in [0.3, 0.4) is 0 Å². The number of aryl methyl sites for hydroxylation is 1. The van der Waals surface area contributed by atoms with E-state index in [2.05, 4.69) is 32.3 Å². The number of nitrogens with zero attached hydrogens (tertiary/aromatic N) is 3. The Morgan fingerprint density at radius 3 is 2.65 bits per heavy atom. The number of hydrogen-bond donors (Lipinski definition) is 2. The molecule has 1 heterocycles. The summed E-state index contributed by atoms with van der Waals surface area (Å²) in [5, 5.41) is 6.66. The Hall–Kier alpha value is -1.99. The van der Waals surface area contributed by atoms with Crippen LogP contribution in [0, 0.1) is 6.92 Å². The van der Waals surface area contributed by atoms with E-state index in [1.807, 2.05) is 18.2 Å². The van der Waals surface area contributed by atoms with Gasteiger partial charge in [0.15, 0.2) is 5.96 Å². The zero-order valence-corrected chi connectivity index (χ0v) is 16.5. The molecule has 0 saturated carbocycles. The van der Waals surface area contributed by atoms with E-state index in [9.17, 15) is 4.79 Å². The van der Waals surface area contributed by atoms with E-state index >= 15 is 0 Å². The van der Waals surface area contributed by atoms with Crippen molar-refractivity contribution >= 4 is 29.2 Å². The fraction of sp³-hybridized carbons (Fsp3) is 0.556. The van der Waals surface area contributed by atoms with Crippen molar-refractivity contribution < 1.29 is 9.53 Å². The average Bonchev–Trinajstić information content (AvgIpc) is 2.65. The molecule has 1 amide bonds. The van der Waals surface area contributed by atoms with E-state index in [0.29, 0.717) is 13.2 Å². The topological polar surface area (TPSA) is 69.2 Å². The van der Waals surface area contributed by atoms with Crippen molar-refractivity contribution in [3.05, 3.63) is 28.8 Å². The number of rotatable bonds is 6. The minimum atomic E-state index is -0.0728. The van der Waals surface area contributed by atoms with Gasteiger partial charge in [0.25, 0.3) is 0 Å². The zero-order valence-electron chi connectivity index (χ0n) is 15.7. The summed E-state index contributed by atoms with van der Waals surface area (Å²) in [6.45, 7) is 6.72. The molecule has 1 aliphatic rings. The first-order chi connectivity index (χ1) is 12.5. The highest BCUT2D eigenvalue weighted by Crippen LogP contribution is 2.25. The molecule has 8 heteroatoms. The number of piperazine rings is 1. The SMILES string of the molecule is CN=C(NCC(=O)NCCOC)N1CCN(c2cc(Cl)ccc2C)CC1. The van der Waals surface area contributed by atoms with E-state index < -0.39 is 0 Å². The fourth-order valence-electron chi connectivity index (χ4n) is 2.93. The number of ether oxygens (including phenoxy) is 1. The van der Waals surface area contributed by atoms with Crippen LogP contribution in [0.1, 0.15) is 5.56 Å². The summed E-state index contributed by atoms with van der Waals surface area (Å²) in [6.07, 6.45) is 0. The van der Waals surface area contributed by atoms with Crippen molar-refractivity contribution in [1.82, 2.24) is 15.5 Å². The van der Waals surface area contributed by atoms with Crippen molar-refractivity contribution in [3.63, 3.8) is 0 Å². The predicted molar refractivity (Wildman–Crippen MR) is 106 cm³/mol. The fourth-order valence-corrected chi connectivity index (χ4v) is 3.10. The zero-order chi connectivity index (χ0) is 18.9. The second kappa shape index (κ2) is 10.2. The standard InChI is InChI=1S/C18H28ClN5O2/c1-14-4-5-15(19)12-16(14)23-7-9-24(10-8-23)18(20-2)22-13-17(25)21-6-11-26-3/h4-5,12H,6-11,13H2,1-3H3,(H,20,22)(H,21,25). The smallest absolute Gasteiger partial charge is 0.239 e. The second-order valence-electron chi connectivity index (χ2n) is 6.15. The molecule has 0 aliphatic carbocycles. The molecule has 144 valence electrons. The van der Waals surface area contributed by atoms with Gasteiger partial charge in [-0.2, -0.15) is 0 Å². The van der Waals surface area contributed by atoms with Crippen LogP contribution in [0.4, 0.5) is 5.69 Å². The third-order valence-electron chi connectivity index (χ3n) is 4.34. The van der Waals surface area contributed by atoms with Crippen LogP contribution < -0.4 is 15.5 Å². The Morgan fingerprint density at radius 1 is 1.27 bits per heavy atom. The molecule has 2 rings (SSSR count). The van der Waals surface area contributed by atoms with Crippen molar-refractivity contribution in [2.24, 2.45) is 4.99 Å². The minimum absolute atomic E-state index is 0.0728. The van der Waals surface area contributed by atoms with Crippen molar-refractivity contribution in [1.29, 1.82) is 0 Å². The number of aliphatic imine (C=N–C) groups is 1. The molecule has 1 aromatic rings. The van der Waals surface area contributed by atoms with Gasteiger partial charge >= 0.3 is 0 Å². The molecule has 0 spiro atoms. The third kappa shape index (κ3) is 5.78. The van der Waals surface area contributed by atoms with Crippen LogP contribution >= 0.6 is 11.6 Å².